The predicted molar refractivity (Wildman–Crippen MR) is 109 cm³/mol. The number of carbonyl (C=O) groups excluding carboxylic acids is 1. The zero-order valence-corrected chi connectivity index (χ0v) is 16.2. The fraction of sp³-hybridized carbons (Fsp3) is 0.348. The van der Waals surface area contributed by atoms with E-state index in [1.54, 1.807) is 4.90 Å². The van der Waals surface area contributed by atoms with Crippen molar-refractivity contribution in [2.24, 2.45) is 0 Å². The summed E-state index contributed by atoms with van der Waals surface area (Å²) in [6, 6.07) is 17.0. The number of benzene rings is 2. The van der Waals surface area contributed by atoms with Crippen LogP contribution in [0.25, 0.3) is 11.4 Å². The molecule has 1 unspecified atom stereocenters. The first-order chi connectivity index (χ1) is 14.1. The van der Waals surface area contributed by atoms with E-state index in [1.807, 2.05) is 54.6 Å². The topological polar surface area (TPSA) is 82.1 Å². The first-order valence-electron chi connectivity index (χ1n) is 10.2. The average Bonchev–Trinajstić information content (AvgIpc) is 3.35. The molecular weight excluding hydrogens is 364 g/mol. The van der Waals surface area contributed by atoms with Crippen LogP contribution in [-0.4, -0.2) is 44.2 Å². The quantitative estimate of drug-likeness (QED) is 0.717. The molecule has 0 bridgehead atoms. The second kappa shape index (κ2) is 7.12. The van der Waals surface area contributed by atoms with E-state index in [2.05, 4.69) is 15.2 Å². The van der Waals surface area contributed by atoms with Crippen molar-refractivity contribution in [3.63, 3.8) is 0 Å². The maximum Gasteiger partial charge on any atom is 0.253 e. The fourth-order valence-corrected chi connectivity index (χ4v) is 4.19. The van der Waals surface area contributed by atoms with Crippen LogP contribution in [0.2, 0.25) is 0 Å². The minimum atomic E-state index is -0.990. The molecule has 1 atom stereocenters. The van der Waals surface area contributed by atoms with Gasteiger partial charge in [-0.05, 0) is 37.0 Å². The first kappa shape index (κ1) is 18.1. The number of β-amino-alcohol motifs (C(OH)–C–C–N with tert-alkyl or cyclic N) is 1. The molecule has 1 saturated heterocycles. The van der Waals surface area contributed by atoms with Gasteiger partial charge in [0.05, 0.1) is 6.54 Å². The van der Waals surface area contributed by atoms with E-state index in [0.29, 0.717) is 36.8 Å². The van der Waals surface area contributed by atoms with E-state index < -0.39 is 5.60 Å². The van der Waals surface area contributed by atoms with Crippen molar-refractivity contribution in [3.05, 3.63) is 71.5 Å². The summed E-state index contributed by atoms with van der Waals surface area (Å²) in [7, 11) is 0. The second-order valence-electron chi connectivity index (χ2n) is 8.13. The van der Waals surface area contributed by atoms with Crippen LogP contribution in [0.5, 0.6) is 0 Å². The zero-order valence-electron chi connectivity index (χ0n) is 16.2. The van der Waals surface area contributed by atoms with Crippen molar-refractivity contribution in [2.45, 2.75) is 37.2 Å². The second-order valence-corrected chi connectivity index (χ2v) is 8.13. The Balaban J connectivity index is 1.34. The molecule has 1 aromatic heterocycles. The van der Waals surface area contributed by atoms with Crippen molar-refractivity contribution in [1.82, 2.24) is 20.1 Å². The number of rotatable bonds is 4. The van der Waals surface area contributed by atoms with Gasteiger partial charge in [0.25, 0.3) is 5.91 Å². The number of amides is 1. The molecule has 29 heavy (non-hydrogen) atoms. The van der Waals surface area contributed by atoms with E-state index in [9.17, 15) is 9.90 Å². The Morgan fingerprint density at radius 3 is 2.72 bits per heavy atom. The number of hydrogen-bond acceptors (Lipinski definition) is 4. The molecule has 5 rings (SSSR count). The Morgan fingerprint density at radius 1 is 1.14 bits per heavy atom. The number of nitrogens with zero attached hydrogens (tertiary/aromatic N) is 3. The van der Waals surface area contributed by atoms with Crippen LogP contribution in [0.1, 0.15) is 53.3 Å². The lowest BCUT2D eigenvalue weighted by Crippen LogP contribution is -2.34. The Hall–Kier alpha value is -2.99. The molecule has 2 fully saturated rings. The highest BCUT2D eigenvalue weighted by atomic mass is 16.3. The van der Waals surface area contributed by atoms with E-state index in [-0.39, 0.29) is 5.91 Å². The molecule has 0 spiro atoms. The lowest BCUT2D eigenvalue weighted by molar-refractivity contribution is 0.0417. The minimum absolute atomic E-state index is 0.0755. The standard InChI is InChI=1S/C23H24N4O2/c28-22(27-13-12-23(29,15-27)19-10-2-1-3-11-19)18-9-5-8-17(14-18)21-24-20(25-26-21)16-6-4-7-16/h1-3,5,8-11,14,16,29H,4,6-7,12-13,15H2,(H,24,25,26). The van der Waals surface area contributed by atoms with Gasteiger partial charge in [-0.15, -0.1) is 0 Å². The number of aliphatic hydroxyl groups is 1. The van der Waals surface area contributed by atoms with E-state index in [1.165, 1.54) is 6.42 Å². The molecule has 2 N–H and O–H groups in total. The third-order valence-electron chi connectivity index (χ3n) is 6.21. The Morgan fingerprint density at radius 2 is 1.97 bits per heavy atom. The van der Waals surface area contributed by atoms with Gasteiger partial charge >= 0.3 is 0 Å². The summed E-state index contributed by atoms with van der Waals surface area (Å²) in [5, 5.41) is 18.4. The molecule has 2 aromatic carbocycles. The highest BCUT2D eigenvalue weighted by Gasteiger charge is 2.39. The monoisotopic (exact) mass is 388 g/mol. The molecule has 2 heterocycles. The smallest absolute Gasteiger partial charge is 0.253 e. The molecule has 148 valence electrons. The van der Waals surface area contributed by atoms with Crippen LogP contribution in [0, 0.1) is 0 Å². The third kappa shape index (κ3) is 3.34. The van der Waals surface area contributed by atoms with Gasteiger partial charge in [0, 0.05) is 23.6 Å². The van der Waals surface area contributed by atoms with Crippen LogP contribution in [0.15, 0.2) is 54.6 Å². The maximum absolute atomic E-state index is 13.1. The molecule has 1 aliphatic carbocycles. The van der Waals surface area contributed by atoms with Crippen LogP contribution in [0.4, 0.5) is 0 Å². The average molecular weight is 388 g/mol. The van der Waals surface area contributed by atoms with Gasteiger partial charge in [-0.25, -0.2) is 4.98 Å². The molecule has 1 amide bonds. The van der Waals surface area contributed by atoms with Crippen LogP contribution in [-0.2, 0) is 5.60 Å². The molecule has 6 nitrogen and oxygen atoms in total. The summed E-state index contributed by atoms with van der Waals surface area (Å²) in [6.07, 6.45) is 4.10. The molecule has 0 radical (unpaired) electrons. The summed E-state index contributed by atoms with van der Waals surface area (Å²) in [6.45, 7) is 0.827. The summed E-state index contributed by atoms with van der Waals surface area (Å²) in [5.74, 6) is 1.98. The largest absolute Gasteiger partial charge is 0.383 e. The maximum atomic E-state index is 13.1. The van der Waals surface area contributed by atoms with Gasteiger partial charge in [0.15, 0.2) is 5.82 Å². The van der Waals surface area contributed by atoms with E-state index in [4.69, 9.17) is 0 Å². The van der Waals surface area contributed by atoms with Crippen molar-refractivity contribution in [1.29, 1.82) is 0 Å². The van der Waals surface area contributed by atoms with Crippen molar-refractivity contribution >= 4 is 5.91 Å². The van der Waals surface area contributed by atoms with Crippen LogP contribution < -0.4 is 0 Å². The number of nitrogens with one attached hydrogen (secondary N) is 1. The number of aromatic amines is 1. The summed E-state index contributed by atoms with van der Waals surface area (Å²) >= 11 is 0. The Bertz CT molecular complexity index is 1030. The molecule has 1 aliphatic heterocycles. The normalized spacial score (nSPS) is 21.9. The highest BCUT2D eigenvalue weighted by molar-refractivity contribution is 5.95. The molecule has 6 heteroatoms. The van der Waals surface area contributed by atoms with E-state index >= 15 is 0 Å². The number of hydrogen-bond donors (Lipinski definition) is 2. The minimum Gasteiger partial charge on any atom is -0.383 e. The number of likely N-dealkylation sites (tertiary alicyclic amines) is 1. The van der Waals surface area contributed by atoms with Gasteiger partial charge in [-0.3, -0.25) is 9.89 Å². The predicted octanol–water partition coefficient (Wildman–Crippen LogP) is 3.47. The number of H-pyrrole nitrogens is 1. The third-order valence-corrected chi connectivity index (χ3v) is 6.21. The highest BCUT2D eigenvalue weighted by Crippen LogP contribution is 2.35. The van der Waals surface area contributed by atoms with Crippen LogP contribution in [0.3, 0.4) is 0 Å². The van der Waals surface area contributed by atoms with Crippen LogP contribution >= 0.6 is 0 Å². The molecule has 2 aliphatic rings. The Kier molecular flexibility index (Phi) is 4.43. The van der Waals surface area contributed by atoms with E-state index in [0.717, 1.165) is 29.8 Å². The van der Waals surface area contributed by atoms with Gasteiger partial charge in [-0.2, -0.15) is 5.10 Å². The van der Waals surface area contributed by atoms with Gasteiger partial charge in [0.2, 0.25) is 0 Å². The van der Waals surface area contributed by atoms with Gasteiger partial charge < -0.3 is 10.0 Å². The van der Waals surface area contributed by atoms with Crippen molar-refractivity contribution < 1.29 is 9.90 Å². The fourth-order valence-electron chi connectivity index (χ4n) is 4.19. The number of aromatic nitrogens is 3. The summed E-state index contributed by atoms with van der Waals surface area (Å²) in [4.78, 5) is 19.4. The SMILES string of the molecule is O=C(c1cccc(-c2n[nH]c(C3CCC3)n2)c1)N1CCC(O)(c2ccccc2)C1. The molecular formula is C23H24N4O2. The summed E-state index contributed by atoms with van der Waals surface area (Å²) in [5.41, 5.74) is 1.29. The first-order valence-corrected chi connectivity index (χ1v) is 10.2. The molecule has 1 saturated carbocycles. The lowest BCUT2D eigenvalue weighted by atomic mass is 9.85. The summed E-state index contributed by atoms with van der Waals surface area (Å²) < 4.78 is 0. The van der Waals surface area contributed by atoms with Gasteiger partial charge in [0.1, 0.15) is 11.4 Å². The van der Waals surface area contributed by atoms with Crippen molar-refractivity contribution in [2.75, 3.05) is 13.1 Å². The Labute approximate surface area is 169 Å². The number of carbonyl (C=O) groups is 1. The molecule has 3 aromatic rings. The van der Waals surface area contributed by atoms with Gasteiger partial charge in [-0.1, -0.05) is 48.9 Å². The zero-order chi connectivity index (χ0) is 19.8. The van der Waals surface area contributed by atoms with Crippen molar-refractivity contribution in [3.8, 4) is 11.4 Å². The lowest BCUT2D eigenvalue weighted by Gasteiger charge is -2.24.